The molecule has 2 heterocycles. The summed E-state index contributed by atoms with van der Waals surface area (Å²) in [5.74, 6) is -0.279. The van der Waals surface area contributed by atoms with E-state index in [0.29, 0.717) is 24.5 Å². The van der Waals surface area contributed by atoms with Gasteiger partial charge in [0.1, 0.15) is 9.77 Å². The van der Waals surface area contributed by atoms with Crippen LogP contribution in [0.25, 0.3) is 0 Å². The number of carbonyl (C=O) groups is 1. The van der Waals surface area contributed by atoms with Gasteiger partial charge in [-0.05, 0) is 30.7 Å². The molecule has 1 N–H and O–H groups in total. The fraction of sp³-hybridized carbons (Fsp3) is 0.643. The van der Waals surface area contributed by atoms with Crippen molar-refractivity contribution in [2.24, 2.45) is 0 Å². The van der Waals surface area contributed by atoms with Crippen molar-refractivity contribution in [1.29, 1.82) is 0 Å². The standard InChI is InChI=1S/C14H22N2O3S2/c1-2-3-4-8-15-14(17)13-12(7-11-20-13)21(18,19)16-9-5-6-10-16/h7,11H,2-6,8-10H2,1H3,(H,15,17). The van der Waals surface area contributed by atoms with Crippen LogP contribution in [0.4, 0.5) is 0 Å². The largest absolute Gasteiger partial charge is 0.351 e. The third-order valence-corrected chi connectivity index (χ3v) is 6.57. The van der Waals surface area contributed by atoms with Crippen LogP contribution in [-0.4, -0.2) is 38.3 Å². The summed E-state index contributed by atoms with van der Waals surface area (Å²) < 4.78 is 26.6. The summed E-state index contributed by atoms with van der Waals surface area (Å²) in [4.78, 5) is 12.6. The number of nitrogens with zero attached hydrogens (tertiary/aromatic N) is 1. The van der Waals surface area contributed by atoms with Gasteiger partial charge >= 0.3 is 0 Å². The van der Waals surface area contributed by atoms with Gasteiger partial charge < -0.3 is 5.32 Å². The Labute approximate surface area is 130 Å². The monoisotopic (exact) mass is 330 g/mol. The van der Waals surface area contributed by atoms with Crippen molar-refractivity contribution < 1.29 is 13.2 Å². The molecule has 0 atom stereocenters. The molecule has 1 saturated heterocycles. The van der Waals surface area contributed by atoms with Gasteiger partial charge in [-0.3, -0.25) is 4.79 Å². The van der Waals surface area contributed by atoms with E-state index in [0.717, 1.165) is 32.1 Å². The summed E-state index contributed by atoms with van der Waals surface area (Å²) in [6, 6.07) is 1.54. The second kappa shape index (κ2) is 7.38. The summed E-state index contributed by atoms with van der Waals surface area (Å²) in [6.45, 7) is 3.79. The number of thiophene rings is 1. The van der Waals surface area contributed by atoms with E-state index in [4.69, 9.17) is 0 Å². The molecule has 118 valence electrons. The van der Waals surface area contributed by atoms with Crippen LogP contribution in [0, 0.1) is 0 Å². The van der Waals surface area contributed by atoms with E-state index in [-0.39, 0.29) is 10.8 Å². The fourth-order valence-corrected chi connectivity index (χ4v) is 5.23. The minimum atomic E-state index is -3.52. The predicted molar refractivity (Wildman–Crippen MR) is 84.2 cm³/mol. The zero-order chi connectivity index (χ0) is 15.3. The lowest BCUT2D eigenvalue weighted by molar-refractivity contribution is 0.0954. The van der Waals surface area contributed by atoms with Crippen LogP contribution in [0.15, 0.2) is 16.3 Å². The van der Waals surface area contributed by atoms with Crippen LogP contribution in [0.3, 0.4) is 0 Å². The summed E-state index contributed by atoms with van der Waals surface area (Å²) in [6.07, 6.45) is 4.85. The van der Waals surface area contributed by atoms with Crippen molar-refractivity contribution in [3.05, 3.63) is 16.3 Å². The van der Waals surface area contributed by atoms with E-state index in [1.807, 2.05) is 0 Å². The number of sulfonamides is 1. The van der Waals surface area contributed by atoms with Crippen LogP contribution >= 0.6 is 11.3 Å². The van der Waals surface area contributed by atoms with Crippen molar-refractivity contribution >= 4 is 27.3 Å². The molecule has 1 aromatic heterocycles. The Morgan fingerprint density at radius 3 is 2.71 bits per heavy atom. The first-order chi connectivity index (χ1) is 10.1. The van der Waals surface area contributed by atoms with Gasteiger partial charge in [0.25, 0.3) is 5.91 Å². The first-order valence-electron chi connectivity index (χ1n) is 7.43. The van der Waals surface area contributed by atoms with Crippen LogP contribution in [0.2, 0.25) is 0 Å². The molecule has 0 radical (unpaired) electrons. The molecule has 1 aliphatic rings. The van der Waals surface area contributed by atoms with Crippen molar-refractivity contribution in [1.82, 2.24) is 9.62 Å². The predicted octanol–water partition coefficient (Wildman–Crippen LogP) is 2.45. The topological polar surface area (TPSA) is 66.5 Å². The highest BCUT2D eigenvalue weighted by Crippen LogP contribution is 2.27. The van der Waals surface area contributed by atoms with Crippen molar-refractivity contribution in [3.63, 3.8) is 0 Å². The molecular weight excluding hydrogens is 308 g/mol. The molecule has 2 rings (SSSR count). The summed E-state index contributed by atoms with van der Waals surface area (Å²) in [5, 5.41) is 4.48. The number of hydrogen-bond acceptors (Lipinski definition) is 4. The average Bonchev–Trinajstić information content (AvgIpc) is 3.13. The molecule has 0 spiro atoms. The Morgan fingerprint density at radius 1 is 1.33 bits per heavy atom. The molecule has 1 aromatic rings. The van der Waals surface area contributed by atoms with E-state index < -0.39 is 10.0 Å². The Bertz CT molecular complexity index is 575. The maximum atomic E-state index is 12.5. The molecular formula is C14H22N2O3S2. The SMILES string of the molecule is CCCCCNC(=O)c1sccc1S(=O)(=O)N1CCCC1. The van der Waals surface area contributed by atoms with Crippen molar-refractivity contribution in [3.8, 4) is 0 Å². The Balaban J connectivity index is 2.09. The average molecular weight is 330 g/mol. The molecule has 7 heteroatoms. The van der Waals surface area contributed by atoms with E-state index in [1.165, 1.54) is 15.6 Å². The molecule has 0 aromatic carbocycles. The molecule has 0 bridgehead atoms. The fourth-order valence-electron chi connectivity index (χ4n) is 2.39. The number of amides is 1. The third kappa shape index (κ3) is 3.84. The lowest BCUT2D eigenvalue weighted by atomic mass is 10.2. The zero-order valence-corrected chi connectivity index (χ0v) is 13.9. The van der Waals surface area contributed by atoms with Crippen LogP contribution < -0.4 is 5.32 Å². The first kappa shape index (κ1) is 16.5. The van der Waals surface area contributed by atoms with Gasteiger partial charge in [0.05, 0.1) is 0 Å². The van der Waals surface area contributed by atoms with E-state index >= 15 is 0 Å². The Kier molecular flexibility index (Phi) is 5.78. The smallest absolute Gasteiger partial charge is 0.262 e. The highest BCUT2D eigenvalue weighted by atomic mass is 32.2. The second-order valence-corrected chi connectivity index (χ2v) is 8.01. The summed E-state index contributed by atoms with van der Waals surface area (Å²) >= 11 is 1.19. The molecule has 21 heavy (non-hydrogen) atoms. The quantitative estimate of drug-likeness (QED) is 0.781. The second-order valence-electron chi connectivity index (χ2n) is 5.19. The van der Waals surface area contributed by atoms with Gasteiger partial charge in [-0.15, -0.1) is 11.3 Å². The van der Waals surface area contributed by atoms with Crippen molar-refractivity contribution in [2.75, 3.05) is 19.6 Å². The minimum Gasteiger partial charge on any atom is -0.351 e. The van der Waals surface area contributed by atoms with Gasteiger partial charge in [0, 0.05) is 19.6 Å². The summed E-state index contributed by atoms with van der Waals surface area (Å²) in [7, 11) is -3.52. The lowest BCUT2D eigenvalue weighted by Gasteiger charge is -2.15. The van der Waals surface area contributed by atoms with Crippen LogP contribution in [0.1, 0.15) is 48.7 Å². The number of unbranched alkanes of at least 4 members (excludes halogenated alkanes) is 2. The van der Waals surface area contributed by atoms with E-state index in [9.17, 15) is 13.2 Å². The van der Waals surface area contributed by atoms with Crippen LogP contribution in [-0.2, 0) is 10.0 Å². The van der Waals surface area contributed by atoms with Gasteiger partial charge in [0.15, 0.2) is 0 Å². The number of hydrogen-bond donors (Lipinski definition) is 1. The molecule has 0 aliphatic carbocycles. The molecule has 1 aliphatic heterocycles. The third-order valence-electron chi connectivity index (χ3n) is 3.58. The molecule has 0 unspecified atom stereocenters. The van der Waals surface area contributed by atoms with E-state index in [2.05, 4.69) is 12.2 Å². The Hall–Kier alpha value is -0.920. The van der Waals surface area contributed by atoms with E-state index in [1.54, 1.807) is 11.4 Å². The first-order valence-corrected chi connectivity index (χ1v) is 9.75. The minimum absolute atomic E-state index is 0.155. The highest BCUT2D eigenvalue weighted by molar-refractivity contribution is 7.89. The van der Waals surface area contributed by atoms with Crippen molar-refractivity contribution in [2.45, 2.75) is 43.9 Å². The normalized spacial score (nSPS) is 16.2. The van der Waals surface area contributed by atoms with Gasteiger partial charge in [0.2, 0.25) is 10.0 Å². The zero-order valence-electron chi connectivity index (χ0n) is 12.3. The highest BCUT2D eigenvalue weighted by Gasteiger charge is 2.31. The van der Waals surface area contributed by atoms with Crippen LogP contribution in [0.5, 0.6) is 0 Å². The molecule has 5 nitrogen and oxygen atoms in total. The maximum Gasteiger partial charge on any atom is 0.262 e. The lowest BCUT2D eigenvalue weighted by Crippen LogP contribution is -2.30. The maximum absolute atomic E-state index is 12.5. The van der Waals surface area contributed by atoms with Gasteiger partial charge in [-0.2, -0.15) is 4.31 Å². The number of nitrogens with one attached hydrogen (secondary N) is 1. The molecule has 0 saturated carbocycles. The Morgan fingerprint density at radius 2 is 2.05 bits per heavy atom. The van der Waals surface area contributed by atoms with Gasteiger partial charge in [-0.1, -0.05) is 19.8 Å². The summed E-state index contributed by atoms with van der Waals surface area (Å²) in [5.41, 5.74) is 0. The molecule has 1 amide bonds. The van der Waals surface area contributed by atoms with Gasteiger partial charge in [-0.25, -0.2) is 8.42 Å². The number of carbonyl (C=O) groups excluding carboxylic acids is 1. The number of rotatable bonds is 7. The molecule has 1 fully saturated rings.